The van der Waals surface area contributed by atoms with Crippen LogP contribution in [0.25, 0.3) is 0 Å². The fourth-order valence-corrected chi connectivity index (χ4v) is 2.60. The minimum atomic E-state index is 0.537. The zero-order valence-electron chi connectivity index (χ0n) is 11.4. The van der Waals surface area contributed by atoms with E-state index in [0.717, 1.165) is 11.6 Å². The van der Waals surface area contributed by atoms with E-state index >= 15 is 0 Å². The zero-order chi connectivity index (χ0) is 13.5. The van der Waals surface area contributed by atoms with Crippen molar-refractivity contribution >= 4 is 16.8 Å². The summed E-state index contributed by atoms with van der Waals surface area (Å²) in [6, 6.07) is 20.8. The second kappa shape index (κ2) is 7.15. The average Bonchev–Trinajstić information content (AvgIpc) is 2.45. The molecular weight excluding hydrogens is 250 g/mol. The lowest BCUT2D eigenvalue weighted by molar-refractivity contribution is 1.07. The molecule has 0 bridgehead atoms. The molecule has 2 aromatic carbocycles. The average molecular weight is 269 g/mol. The van der Waals surface area contributed by atoms with Crippen molar-refractivity contribution in [3.05, 3.63) is 71.8 Å². The van der Waals surface area contributed by atoms with Crippen molar-refractivity contribution in [2.45, 2.75) is 25.6 Å². The molecule has 0 amide bonds. The Hall–Kier alpha value is -1.54. The monoisotopic (exact) mass is 269 g/mol. The van der Waals surface area contributed by atoms with Gasteiger partial charge in [0.15, 0.2) is 0 Å². The van der Waals surface area contributed by atoms with Crippen LogP contribution in [0.3, 0.4) is 0 Å². The van der Waals surface area contributed by atoms with Gasteiger partial charge in [0.25, 0.3) is 0 Å². The molecule has 0 saturated heterocycles. The van der Waals surface area contributed by atoms with Crippen molar-refractivity contribution in [3.63, 3.8) is 0 Å². The topological polar surface area (TPSA) is 12.4 Å². The number of rotatable bonds is 4. The zero-order valence-corrected chi connectivity index (χ0v) is 12.2. The molecular formula is C17H19NS. The largest absolute Gasteiger partial charge is 0.273 e. The third-order valence-corrected chi connectivity index (χ3v) is 3.68. The van der Waals surface area contributed by atoms with Crippen molar-refractivity contribution in [2.75, 3.05) is 0 Å². The molecule has 0 fully saturated rings. The Bertz CT molecular complexity index is 517. The van der Waals surface area contributed by atoms with Gasteiger partial charge in [-0.3, -0.25) is 4.99 Å². The van der Waals surface area contributed by atoms with Crippen LogP contribution < -0.4 is 0 Å². The summed E-state index contributed by atoms with van der Waals surface area (Å²) in [5, 5.41) is 1.66. The summed E-state index contributed by atoms with van der Waals surface area (Å²) >= 11 is 1.82. The van der Waals surface area contributed by atoms with Gasteiger partial charge in [0.05, 0.1) is 11.6 Å². The summed E-state index contributed by atoms with van der Waals surface area (Å²) < 4.78 is 0. The quantitative estimate of drug-likeness (QED) is 0.575. The lowest BCUT2D eigenvalue weighted by Crippen LogP contribution is -2.01. The molecule has 0 unspecified atom stereocenters. The number of hydrogen-bond donors (Lipinski definition) is 0. The van der Waals surface area contributed by atoms with Crippen molar-refractivity contribution in [1.29, 1.82) is 0 Å². The van der Waals surface area contributed by atoms with Gasteiger partial charge in [0.1, 0.15) is 0 Å². The number of aliphatic imine (C=N–C) groups is 1. The minimum Gasteiger partial charge on any atom is -0.273 e. The van der Waals surface area contributed by atoms with Gasteiger partial charge in [-0.25, -0.2) is 0 Å². The van der Waals surface area contributed by atoms with E-state index in [1.165, 1.54) is 11.1 Å². The first-order chi connectivity index (χ1) is 9.25. The molecule has 19 heavy (non-hydrogen) atoms. The highest BCUT2D eigenvalue weighted by Crippen LogP contribution is 2.19. The van der Waals surface area contributed by atoms with Crippen molar-refractivity contribution in [2.24, 2.45) is 4.99 Å². The fraction of sp³-hybridized carbons (Fsp3) is 0.235. The second-order valence-electron chi connectivity index (χ2n) is 4.64. The lowest BCUT2D eigenvalue weighted by atomic mass is 10.2. The van der Waals surface area contributed by atoms with Crippen LogP contribution in [0.5, 0.6) is 0 Å². The van der Waals surface area contributed by atoms with E-state index < -0.39 is 0 Å². The van der Waals surface area contributed by atoms with Gasteiger partial charge in [-0.05, 0) is 5.56 Å². The highest BCUT2D eigenvalue weighted by molar-refractivity contribution is 8.14. The molecule has 0 saturated carbocycles. The Labute approximate surface area is 119 Å². The maximum atomic E-state index is 4.78. The molecule has 2 aromatic rings. The Balaban J connectivity index is 2.18. The van der Waals surface area contributed by atoms with Crippen LogP contribution in [-0.4, -0.2) is 10.3 Å². The first-order valence-electron chi connectivity index (χ1n) is 6.56. The van der Waals surface area contributed by atoms with Gasteiger partial charge in [-0.2, -0.15) is 0 Å². The maximum absolute atomic E-state index is 4.78. The van der Waals surface area contributed by atoms with Gasteiger partial charge in [0, 0.05) is 10.8 Å². The number of nitrogens with zero attached hydrogens (tertiary/aromatic N) is 1. The van der Waals surface area contributed by atoms with E-state index in [1.807, 2.05) is 23.9 Å². The molecule has 0 aromatic heterocycles. The number of thioether (sulfide) groups is 1. The summed E-state index contributed by atoms with van der Waals surface area (Å²) in [6.07, 6.45) is 0. The minimum absolute atomic E-state index is 0.537. The van der Waals surface area contributed by atoms with Gasteiger partial charge in [-0.1, -0.05) is 74.5 Å². The molecule has 2 rings (SSSR count). The smallest absolute Gasteiger partial charge is 0.0983 e. The first-order valence-corrected chi connectivity index (χ1v) is 7.44. The highest BCUT2D eigenvalue weighted by atomic mass is 32.2. The van der Waals surface area contributed by atoms with E-state index in [4.69, 9.17) is 4.99 Å². The van der Waals surface area contributed by atoms with E-state index in [2.05, 4.69) is 62.4 Å². The van der Waals surface area contributed by atoms with Crippen LogP contribution in [0, 0.1) is 0 Å². The highest BCUT2D eigenvalue weighted by Gasteiger charge is 2.06. The Morgan fingerprint density at radius 3 is 2.11 bits per heavy atom. The predicted molar refractivity (Wildman–Crippen MR) is 85.9 cm³/mol. The fourth-order valence-electron chi connectivity index (χ4n) is 1.75. The van der Waals surface area contributed by atoms with Crippen molar-refractivity contribution in [3.8, 4) is 0 Å². The third-order valence-electron chi connectivity index (χ3n) is 2.62. The molecule has 1 nitrogen and oxygen atoms in total. The summed E-state index contributed by atoms with van der Waals surface area (Å²) in [5.41, 5.74) is 2.46. The van der Waals surface area contributed by atoms with E-state index in [1.54, 1.807) is 0 Å². The van der Waals surface area contributed by atoms with Crippen LogP contribution >= 0.6 is 11.8 Å². The van der Waals surface area contributed by atoms with Gasteiger partial charge >= 0.3 is 0 Å². The Morgan fingerprint density at radius 1 is 0.947 bits per heavy atom. The van der Waals surface area contributed by atoms with Crippen LogP contribution in [0.4, 0.5) is 0 Å². The van der Waals surface area contributed by atoms with E-state index in [-0.39, 0.29) is 0 Å². The summed E-state index contributed by atoms with van der Waals surface area (Å²) in [5.74, 6) is 0. The molecule has 0 aliphatic rings. The molecule has 98 valence electrons. The SMILES string of the molecule is CC(C)SC(=NCc1ccccc1)c1ccccc1. The van der Waals surface area contributed by atoms with E-state index in [0.29, 0.717) is 5.25 Å². The standard InChI is InChI=1S/C17H19NS/c1-14(2)19-17(16-11-7-4-8-12-16)18-13-15-9-5-3-6-10-15/h3-12,14H,13H2,1-2H3. The first kappa shape index (κ1) is 13.9. The Morgan fingerprint density at radius 2 is 1.53 bits per heavy atom. The predicted octanol–water partition coefficient (Wildman–Crippen LogP) is 4.78. The Kier molecular flexibility index (Phi) is 5.22. The van der Waals surface area contributed by atoms with Crippen LogP contribution in [-0.2, 0) is 6.54 Å². The molecule has 2 heteroatoms. The van der Waals surface area contributed by atoms with Gasteiger partial charge in [0.2, 0.25) is 0 Å². The van der Waals surface area contributed by atoms with Crippen LogP contribution in [0.2, 0.25) is 0 Å². The van der Waals surface area contributed by atoms with E-state index in [9.17, 15) is 0 Å². The summed E-state index contributed by atoms with van der Waals surface area (Å²) in [7, 11) is 0. The van der Waals surface area contributed by atoms with Crippen molar-refractivity contribution < 1.29 is 0 Å². The maximum Gasteiger partial charge on any atom is 0.0983 e. The number of hydrogen-bond acceptors (Lipinski definition) is 2. The molecule has 0 atom stereocenters. The molecule has 0 spiro atoms. The molecule has 0 N–H and O–H groups in total. The normalized spacial score (nSPS) is 11.8. The van der Waals surface area contributed by atoms with Crippen molar-refractivity contribution in [1.82, 2.24) is 0 Å². The summed E-state index contributed by atoms with van der Waals surface area (Å²) in [4.78, 5) is 4.78. The van der Waals surface area contributed by atoms with Crippen LogP contribution in [0.1, 0.15) is 25.0 Å². The van der Waals surface area contributed by atoms with Crippen LogP contribution in [0.15, 0.2) is 65.7 Å². The lowest BCUT2D eigenvalue weighted by Gasteiger charge is -2.09. The molecule has 0 heterocycles. The number of benzene rings is 2. The van der Waals surface area contributed by atoms with Gasteiger partial charge < -0.3 is 0 Å². The third kappa shape index (κ3) is 4.56. The summed E-state index contributed by atoms with van der Waals surface area (Å²) in [6.45, 7) is 5.14. The molecule has 0 aliphatic carbocycles. The van der Waals surface area contributed by atoms with Gasteiger partial charge in [-0.15, -0.1) is 11.8 Å². The second-order valence-corrected chi connectivity index (χ2v) is 6.20. The molecule has 0 aliphatic heterocycles. The molecule has 0 radical (unpaired) electrons.